The molecule has 69 heavy (non-hydrogen) atoms. The molecular formula is C52H51FN10O6. The average Bonchev–Trinajstić information content (AvgIpc) is 4.03. The van der Waals surface area contributed by atoms with Gasteiger partial charge in [0.2, 0.25) is 17.7 Å². The molecule has 3 aliphatic heterocycles. The first-order chi connectivity index (χ1) is 33.4. The smallest absolute Gasteiger partial charge is 0.329 e. The zero-order valence-corrected chi connectivity index (χ0v) is 38.6. The van der Waals surface area contributed by atoms with Gasteiger partial charge in [0.1, 0.15) is 11.9 Å². The molecule has 3 saturated heterocycles. The zero-order valence-electron chi connectivity index (χ0n) is 38.6. The predicted octanol–water partition coefficient (Wildman–Crippen LogP) is 5.78. The highest BCUT2D eigenvalue weighted by Gasteiger charge is 2.33. The van der Waals surface area contributed by atoms with Crippen molar-refractivity contribution in [3.05, 3.63) is 130 Å². The van der Waals surface area contributed by atoms with Crippen molar-refractivity contribution in [2.75, 3.05) is 61.4 Å². The molecule has 16 nitrogen and oxygen atoms in total. The minimum absolute atomic E-state index is 0.0379. The Bertz CT molecular complexity index is 3290. The van der Waals surface area contributed by atoms with Crippen LogP contribution < -0.4 is 31.4 Å². The van der Waals surface area contributed by atoms with Crippen LogP contribution in [0.4, 0.5) is 21.5 Å². The van der Waals surface area contributed by atoms with Crippen molar-refractivity contribution in [2.45, 2.75) is 38.1 Å². The number of carbonyl (C=O) groups is 5. The standard InChI is InChI=1S/C52H51FN10O6/c1-54-49(66)33-7-4-8-34(29-33)55-51(68)47-45-39(59(3)57-47)19-18-37(46(45)53)36-17-16-35(62-23-6-11-44(62)65)30-38(36)32-14-12-31(13-15-32)22-24-60-25-27-61(28-26-60)40-9-5-10-41-48(40)58(2)52(69)63(41)42-20-21-43(64)56-50(42)67/h4-5,7-10,12-19,29-30,42H,6,11,20-28H2,1-3H3,(H,54,66)(H,55,68)(H,56,64,67). The van der Waals surface area contributed by atoms with Gasteiger partial charge in [0.25, 0.3) is 11.8 Å². The molecule has 0 radical (unpaired) electrons. The predicted molar refractivity (Wildman–Crippen MR) is 262 cm³/mol. The molecule has 5 aromatic carbocycles. The third-order valence-corrected chi connectivity index (χ3v) is 13.8. The van der Waals surface area contributed by atoms with Crippen molar-refractivity contribution >= 4 is 68.5 Å². The fraction of sp³-hybridized carbons (Fsp3) is 0.288. The molecule has 10 rings (SSSR count). The lowest BCUT2D eigenvalue weighted by Crippen LogP contribution is -2.47. The van der Waals surface area contributed by atoms with Crippen LogP contribution in [-0.4, -0.2) is 99.7 Å². The van der Waals surface area contributed by atoms with E-state index in [0.717, 1.165) is 79.1 Å². The van der Waals surface area contributed by atoms with Crippen LogP contribution >= 0.6 is 0 Å². The first-order valence-corrected chi connectivity index (χ1v) is 23.2. The number of hydrogen-bond donors (Lipinski definition) is 3. The molecule has 0 saturated carbocycles. The van der Waals surface area contributed by atoms with Crippen molar-refractivity contribution in [3.63, 3.8) is 0 Å². The second-order valence-electron chi connectivity index (χ2n) is 17.9. The number of halogens is 1. The van der Waals surface area contributed by atoms with Gasteiger partial charge in [0, 0.05) is 95.8 Å². The zero-order chi connectivity index (χ0) is 48.1. The van der Waals surface area contributed by atoms with E-state index in [1.54, 1.807) is 60.0 Å². The Hall–Kier alpha value is -7.92. The number of aromatic nitrogens is 4. The Morgan fingerprint density at radius 3 is 2.30 bits per heavy atom. The van der Waals surface area contributed by atoms with E-state index in [0.29, 0.717) is 40.8 Å². The van der Waals surface area contributed by atoms with Gasteiger partial charge in [-0.05, 0) is 96.1 Å². The van der Waals surface area contributed by atoms with Gasteiger partial charge in [0.05, 0.1) is 27.6 Å². The van der Waals surface area contributed by atoms with E-state index < -0.39 is 23.7 Å². The SMILES string of the molecule is CNC(=O)c1cccc(NC(=O)c2nn(C)c3ccc(-c4ccc(N5CCCC5=O)cc4-c4ccc(CCN5CCN(c6cccc7c6n(C)c(=O)n7C6CCC(=O)NC6=O)CC5)cc4)c(F)c23)c1. The summed E-state index contributed by atoms with van der Waals surface area (Å²) in [7, 11) is 4.90. The number of para-hydroxylation sites is 1. The molecule has 2 aromatic heterocycles. The van der Waals surface area contributed by atoms with Crippen LogP contribution in [0.5, 0.6) is 0 Å². The van der Waals surface area contributed by atoms with E-state index in [4.69, 9.17) is 0 Å². The van der Waals surface area contributed by atoms with Crippen LogP contribution in [0.25, 0.3) is 44.2 Å². The average molecular weight is 931 g/mol. The Balaban J connectivity index is 0.875. The first kappa shape index (κ1) is 44.9. The minimum Gasteiger partial charge on any atom is -0.367 e. The van der Waals surface area contributed by atoms with Gasteiger partial charge in [-0.25, -0.2) is 9.18 Å². The van der Waals surface area contributed by atoms with E-state index in [2.05, 4.69) is 43.0 Å². The lowest BCUT2D eigenvalue weighted by Gasteiger charge is -2.36. The van der Waals surface area contributed by atoms with E-state index in [1.165, 1.54) is 16.3 Å². The molecule has 17 heteroatoms. The highest BCUT2D eigenvalue weighted by Crippen LogP contribution is 2.40. The minimum atomic E-state index is -0.747. The van der Waals surface area contributed by atoms with E-state index >= 15 is 4.39 Å². The second kappa shape index (κ2) is 18.3. The van der Waals surface area contributed by atoms with Gasteiger partial charge in [-0.1, -0.05) is 42.5 Å². The molecule has 3 N–H and O–H groups in total. The number of anilines is 3. The summed E-state index contributed by atoms with van der Waals surface area (Å²) in [6.07, 6.45) is 2.47. The molecule has 5 amide bonds. The third-order valence-electron chi connectivity index (χ3n) is 13.8. The molecule has 3 fully saturated rings. The van der Waals surface area contributed by atoms with E-state index in [1.807, 2.05) is 48.5 Å². The number of nitrogens with one attached hydrogen (secondary N) is 3. The first-order valence-electron chi connectivity index (χ1n) is 23.2. The van der Waals surface area contributed by atoms with Crippen LogP contribution in [0.3, 0.4) is 0 Å². The number of piperazine rings is 1. The monoisotopic (exact) mass is 930 g/mol. The number of amides is 5. The number of benzene rings is 5. The third kappa shape index (κ3) is 8.32. The van der Waals surface area contributed by atoms with Crippen molar-refractivity contribution in [1.29, 1.82) is 0 Å². The lowest BCUT2D eigenvalue weighted by atomic mass is 9.92. The highest BCUT2D eigenvalue weighted by atomic mass is 19.1. The lowest BCUT2D eigenvalue weighted by molar-refractivity contribution is -0.135. The Morgan fingerprint density at radius 2 is 1.57 bits per heavy atom. The van der Waals surface area contributed by atoms with Gasteiger partial charge >= 0.3 is 5.69 Å². The summed E-state index contributed by atoms with van der Waals surface area (Å²) in [4.78, 5) is 83.6. The molecule has 1 atom stereocenters. The second-order valence-corrected chi connectivity index (χ2v) is 17.9. The van der Waals surface area contributed by atoms with Crippen LogP contribution in [-0.2, 0) is 34.9 Å². The maximum atomic E-state index is 17.2. The maximum Gasteiger partial charge on any atom is 0.329 e. The van der Waals surface area contributed by atoms with Crippen molar-refractivity contribution in [3.8, 4) is 22.3 Å². The summed E-state index contributed by atoms with van der Waals surface area (Å²) in [6, 6.07) is 28.8. The summed E-state index contributed by atoms with van der Waals surface area (Å²) in [5.74, 6) is -2.30. The number of fused-ring (bicyclic) bond motifs is 2. The molecule has 1 unspecified atom stereocenters. The quantitative estimate of drug-likeness (QED) is 0.136. The summed E-state index contributed by atoms with van der Waals surface area (Å²) in [5, 5.41) is 12.2. The van der Waals surface area contributed by atoms with Gasteiger partial charge in [-0.2, -0.15) is 5.10 Å². The van der Waals surface area contributed by atoms with Gasteiger partial charge in [-0.15, -0.1) is 0 Å². The van der Waals surface area contributed by atoms with Crippen LogP contribution in [0.15, 0.2) is 102 Å². The number of imide groups is 1. The van der Waals surface area contributed by atoms with Gasteiger partial charge in [0.15, 0.2) is 5.69 Å². The molecular weight excluding hydrogens is 880 g/mol. The van der Waals surface area contributed by atoms with Crippen LogP contribution in [0, 0.1) is 5.82 Å². The van der Waals surface area contributed by atoms with E-state index in [-0.39, 0.29) is 52.9 Å². The molecule has 352 valence electrons. The Labute approximate surface area is 396 Å². The molecule has 5 heterocycles. The summed E-state index contributed by atoms with van der Waals surface area (Å²) in [5.41, 5.74) is 7.40. The molecule has 3 aliphatic rings. The number of hydrogen-bond acceptors (Lipinski definition) is 9. The number of piperidine rings is 1. The number of carbonyl (C=O) groups excluding carboxylic acids is 5. The van der Waals surface area contributed by atoms with Gasteiger partial charge < -0.3 is 20.4 Å². The number of aryl methyl sites for hydroxylation is 2. The molecule has 7 aromatic rings. The van der Waals surface area contributed by atoms with Crippen molar-refractivity contribution in [2.24, 2.45) is 14.1 Å². The van der Waals surface area contributed by atoms with E-state index in [9.17, 15) is 28.8 Å². The molecule has 0 spiro atoms. The number of imidazole rings is 1. The fourth-order valence-corrected chi connectivity index (χ4v) is 10.1. The summed E-state index contributed by atoms with van der Waals surface area (Å²) < 4.78 is 21.8. The van der Waals surface area contributed by atoms with Crippen molar-refractivity contribution < 1.29 is 28.4 Å². The molecule has 0 aliphatic carbocycles. The van der Waals surface area contributed by atoms with Gasteiger partial charge in [-0.3, -0.25) is 48.0 Å². The number of rotatable bonds is 11. The van der Waals surface area contributed by atoms with Crippen LogP contribution in [0.1, 0.15) is 58.1 Å². The highest BCUT2D eigenvalue weighted by molar-refractivity contribution is 6.12. The summed E-state index contributed by atoms with van der Waals surface area (Å²) >= 11 is 0. The van der Waals surface area contributed by atoms with Crippen LogP contribution in [0.2, 0.25) is 0 Å². The fourth-order valence-electron chi connectivity index (χ4n) is 10.1. The maximum absolute atomic E-state index is 17.2. The number of nitrogens with zero attached hydrogens (tertiary/aromatic N) is 7. The topological polar surface area (TPSA) is 176 Å². The summed E-state index contributed by atoms with van der Waals surface area (Å²) in [6.45, 7) is 4.53. The molecule has 0 bridgehead atoms. The largest absolute Gasteiger partial charge is 0.367 e. The Morgan fingerprint density at radius 1 is 0.797 bits per heavy atom. The Kier molecular flexibility index (Phi) is 11.9. The normalized spacial score (nSPS) is 16.7. The van der Waals surface area contributed by atoms with Crippen molar-refractivity contribution in [1.82, 2.24) is 34.4 Å².